The summed E-state index contributed by atoms with van der Waals surface area (Å²) in [6, 6.07) is 0. The molecule has 2 fully saturated rings. The fourth-order valence-electron chi connectivity index (χ4n) is 0.659. The van der Waals surface area contributed by atoms with Crippen molar-refractivity contribution in [3.63, 3.8) is 0 Å². The first-order chi connectivity index (χ1) is 6.45. The third kappa shape index (κ3) is 9.88. The van der Waals surface area contributed by atoms with Crippen molar-refractivity contribution >= 4 is 0 Å². The Morgan fingerprint density at radius 3 is 1.64 bits per heavy atom. The highest BCUT2D eigenvalue weighted by atomic mass is 16.6. The van der Waals surface area contributed by atoms with Gasteiger partial charge in [-0.25, -0.2) is 0 Å². The van der Waals surface area contributed by atoms with E-state index in [1.54, 1.807) is 0 Å². The van der Waals surface area contributed by atoms with Gasteiger partial charge in [-0.2, -0.15) is 0 Å². The molecular formula is C9H18O5. The highest BCUT2D eigenvalue weighted by Crippen LogP contribution is 2.12. The lowest BCUT2D eigenvalue weighted by Gasteiger charge is -2.03. The molecule has 2 aliphatic heterocycles. The molecular weight excluding hydrogens is 188 g/mol. The van der Waals surface area contributed by atoms with Crippen LogP contribution in [0, 0.1) is 0 Å². The first kappa shape index (κ1) is 11.9. The zero-order valence-corrected chi connectivity index (χ0v) is 8.60. The van der Waals surface area contributed by atoms with E-state index >= 15 is 0 Å². The Kier molecular flexibility index (Phi) is 4.28. The minimum absolute atomic E-state index is 0.392. The maximum Gasteiger partial charge on any atom is 0.156 e. The molecule has 0 aliphatic carbocycles. The number of hydrogen-bond acceptors (Lipinski definition) is 5. The first-order valence-corrected chi connectivity index (χ1v) is 4.71. The Labute approximate surface area is 83.6 Å². The lowest BCUT2D eigenvalue weighted by Crippen LogP contribution is -2.15. The molecule has 2 aliphatic rings. The Hall–Kier alpha value is -0.200. The Balaban J connectivity index is 0.000000171. The van der Waals surface area contributed by atoms with Gasteiger partial charge in [0.05, 0.1) is 26.4 Å². The minimum atomic E-state index is -1.50. The van der Waals surface area contributed by atoms with Crippen LogP contribution in [0.1, 0.15) is 13.8 Å². The van der Waals surface area contributed by atoms with Crippen LogP contribution < -0.4 is 0 Å². The second-order valence-corrected chi connectivity index (χ2v) is 3.94. The van der Waals surface area contributed by atoms with Crippen LogP contribution in [0.25, 0.3) is 0 Å². The van der Waals surface area contributed by atoms with E-state index < -0.39 is 5.79 Å². The summed E-state index contributed by atoms with van der Waals surface area (Å²) >= 11 is 0. The van der Waals surface area contributed by atoms with Crippen LogP contribution >= 0.6 is 0 Å². The monoisotopic (exact) mass is 206 g/mol. The van der Waals surface area contributed by atoms with E-state index in [9.17, 15) is 0 Å². The molecule has 5 nitrogen and oxygen atoms in total. The van der Waals surface area contributed by atoms with E-state index in [1.165, 1.54) is 13.8 Å². The molecule has 2 N–H and O–H groups in total. The van der Waals surface area contributed by atoms with E-state index in [-0.39, 0.29) is 0 Å². The number of rotatable bonds is 4. The Morgan fingerprint density at radius 1 is 1.14 bits per heavy atom. The topological polar surface area (TPSA) is 74.8 Å². The average molecular weight is 206 g/mol. The van der Waals surface area contributed by atoms with Gasteiger partial charge in [-0.3, -0.25) is 0 Å². The number of aliphatic hydroxyl groups is 2. The summed E-state index contributed by atoms with van der Waals surface area (Å²) in [5, 5.41) is 16.2. The fourth-order valence-corrected chi connectivity index (χ4v) is 0.659. The van der Waals surface area contributed by atoms with E-state index in [0.717, 1.165) is 26.4 Å². The summed E-state index contributed by atoms with van der Waals surface area (Å²) < 4.78 is 15.1. The minimum Gasteiger partial charge on any atom is -0.376 e. The van der Waals surface area contributed by atoms with E-state index in [4.69, 9.17) is 24.4 Å². The Morgan fingerprint density at radius 2 is 1.43 bits per heavy atom. The average Bonchev–Trinajstić information content (AvgIpc) is 2.75. The van der Waals surface area contributed by atoms with Crippen molar-refractivity contribution in [2.24, 2.45) is 0 Å². The number of ether oxygens (including phenoxy) is 3. The summed E-state index contributed by atoms with van der Waals surface area (Å²) in [6.07, 6.45) is 0.785. The molecule has 0 bridgehead atoms. The summed E-state index contributed by atoms with van der Waals surface area (Å²) in [5.74, 6) is -1.50. The van der Waals surface area contributed by atoms with Crippen LogP contribution in [-0.2, 0) is 14.2 Å². The van der Waals surface area contributed by atoms with Crippen molar-refractivity contribution in [1.29, 1.82) is 0 Å². The number of hydrogen-bond donors (Lipinski definition) is 2. The maximum absolute atomic E-state index is 8.08. The van der Waals surface area contributed by atoms with Crippen LogP contribution in [0.3, 0.4) is 0 Å². The van der Waals surface area contributed by atoms with Crippen LogP contribution in [0.4, 0.5) is 0 Å². The van der Waals surface area contributed by atoms with Crippen LogP contribution in [0.5, 0.6) is 0 Å². The van der Waals surface area contributed by atoms with Crippen LogP contribution in [0.2, 0.25) is 0 Å². The van der Waals surface area contributed by atoms with Gasteiger partial charge in [0, 0.05) is 0 Å². The van der Waals surface area contributed by atoms with Gasteiger partial charge >= 0.3 is 0 Å². The molecule has 0 aromatic heterocycles. The van der Waals surface area contributed by atoms with Crippen molar-refractivity contribution < 1.29 is 24.4 Å². The van der Waals surface area contributed by atoms with Gasteiger partial charge in [0.1, 0.15) is 12.2 Å². The van der Waals surface area contributed by atoms with E-state index in [0.29, 0.717) is 12.2 Å². The molecule has 0 aromatic carbocycles. The van der Waals surface area contributed by atoms with Gasteiger partial charge in [-0.15, -0.1) is 0 Å². The van der Waals surface area contributed by atoms with Gasteiger partial charge in [-0.05, 0) is 13.8 Å². The summed E-state index contributed by atoms with van der Waals surface area (Å²) in [6.45, 7) is 5.86. The summed E-state index contributed by atoms with van der Waals surface area (Å²) in [5.41, 5.74) is 0. The molecule has 14 heavy (non-hydrogen) atoms. The second kappa shape index (κ2) is 5.04. The van der Waals surface area contributed by atoms with Crippen molar-refractivity contribution in [3.05, 3.63) is 0 Å². The molecule has 0 spiro atoms. The molecule has 2 saturated heterocycles. The normalized spacial score (nSPS) is 29.1. The molecule has 2 unspecified atom stereocenters. The predicted molar refractivity (Wildman–Crippen MR) is 48.8 cm³/mol. The smallest absolute Gasteiger partial charge is 0.156 e. The molecule has 0 radical (unpaired) electrons. The molecule has 0 saturated carbocycles. The Bertz CT molecular complexity index is 139. The van der Waals surface area contributed by atoms with E-state index in [1.807, 2.05) is 0 Å². The van der Waals surface area contributed by atoms with Crippen molar-refractivity contribution in [2.75, 3.05) is 26.4 Å². The number of epoxide rings is 2. The third-order valence-corrected chi connectivity index (χ3v) is 1.41. The zero-order valence-electron chi connectivity index (χ0n) is 8.60. The third-order valence-electron chi connectivity index (χ3n) is 1.41. The molecule has 0 aromatic rings. The van der Waals surface area contributed by atoms with Crippen molar-refractivity contribution in [1.82, 2.24) is 0 Å². The quantitative estimate of drug-likeness (QED) is 0.479. The van der Waals surface area contributed by atoms with Gasteiger partial charge in [0.2, 0.25) is 0 Å². The SMILES string of the molecule is C(OCC1CO1)C1CO1.CC(C)(O)O. The fraction of sp³-hybridized carbons (Fsp3) is 1.00. The summed E-state index contributed by atoms with van der Waals surface area (Å²) in [7, 11) is 0. The standard InChI is InChI=1S/C6H10O3.C3H8O2/c1(5-3-8-5)7-2-6-4-9-6;1-3(2,4)5/h5-6H,1-4H2;4-5H,1-2H3. The van der Waals surface area contributed by atoms with E-state index in [2.05, 4.69) is 0 Å². The molecule has 2 atom stereocenters. The molecule has 84 valence electrons. The van der Waals surface area contributed by atoms with Crippen molar-refractivity contribution in [3.8, 4) is 0 Å². The maximum atomic E-state index is 8.08. The first-order valence-electron chi connectivity index (χ1n) is 4.71. The highest BCUT2D eigenvalue weighted by Gasteiger charge is 2.26. The largest absolute Gasteiger partial charge is 0.376 e. The van der Waals surface area contributed by atoms with Crippen molar-refractivity contribution in [2.45, 2.75) is 31.8 Å². The summed E-state index contributed by atoms with van der Waals surface area (Å²) in [4.78, 5) is 0. The molecule has 2 rings (SSSR count). The molecule has 0 amide bonds. The van der Waals surface area contributed by atoms with Crippen LogP contribution in [0.15, 0.2) is 0 Å². The highest BCUT2D eigenvalue weighted by molar-refractivity contribution is 4.71. The van der Waals surface area contributed by atoms with Gasteiger partial charge < -0.3 is 24.4 Å². The second-order valence-electron chi connectivity index (χ2n) is 3.94. The van der Waals surface area contributed by atoms with Gasteiger partial charge in [0.15, 0.2) is 5.79 Å². The lowest BCUT2D eigenvalue weighted by molar-refractivity contribution is -0.127. The van der Waals surface area contributed by atoms with Gasteiger partial charge in [-0.1, -0.05) is 0 Å². The van der Waals surface area contributed by atoms with Gasteiger partial charge in [0.25, 0.3) is 0 Å². The molecule has 2 heterocycles. The molecule has 5 heteroatoms. The predicted octanol–water partition coefficient (Wildman–Crippen LogP) is -0.492. The van der Waals surface area contributed by atoms with Crippen LogP contribution in [-0.4, -0.2) is 54.6 Å². The lowest BCUT2D eigenvalue weighted by atomic mass is 10.4. The zero-order chi connectivity index (χ0) is 10.6.